The molecule has 1 fully saturated rings. The zero-order valence-electron chi connectivity index (χ0n) is 16.0. The number of piperidine rings is 1. The number of hydrogen-bond donors (Lipinski definition) is 2. The zero-order chi connectivity index (χ0) is 18.7. The summed E-state index contributed by atoms with van der Waals surface area (Å²) < 4.78 is 0. The van der Waals surface area contributed by atoms with E-state index in [1.807, 2.05) is 0 Å². The summed E-state index contributed by atoms with van der Waals surface area (Å²) in [6, 6.07) is 0. The summed E-state index contributed by atoms with van der Waals surface area (Å²) in [5.41, 5.74) is 0.907. The van der Waals surface area contributed by atoms with Gasteiger partial charge in [0.05, 0.1) is 0 Å². The van der Waals surface area contributed by atoms with Crippen LogP contribution in [0.5, 0.6) is 0 Å². The fourth-order valence-corrected chi connectivity index (χ4v) is 4.25. The molecule has 0 saturated carbocycles. The van der Waals surface area contributed by atoms with E-state index in [9.17, 15) is 9.59 Å². The average Bonchev–Trinajstić information content (AvgIpc) is 2.44. The topological polar surface area (TPSA) is 77.8 Å². The van der Waals surface area contributed by atoms with Gasteiger partial charge in [0.2, 0.25) is 0 Å². The first kappa shape index (κ1) is 20.7. The number of rotatable bonds is 2. The molecule has 2 rings (SSSR count). The van der Waals surface area contributed by atoms with Crippen molar-refractivity contribution < 1.29 is 19.8 Å². The highest BCUT2D eigenvalue weighted by molar-refractivity contribution is 5.99. The van der Waals surface area contributed by atoms with E-state index in [1.165, 1.54) is 12.8 Å². The van der Waals surface area contributed by atoms with Gasteiger partial charge >= 0.3 is 11.9 Å². The summed E-state index contributed by atoms with van der Waals surface area (Å²) in [6.07, 6.45) is 4.98. The molecule has 1 saturated heterocycles. The van der Waals surface area contributed by atoms with Crippen molar-refractivity contribution >= 4 is 11.9 Å². The lowest BCUT2D eigenvalue weighted by Gasteiger charge is -2.53. The van der Waals surface area contributed by atoms with Gasteiger partial charge in [0.25, 0.3) is 0 Å². The fourth-order valence-electron chi connectivity index (χ4n) is 4.25. The van der Waals surface area contributed by atoms with E-state index in [-0.39, 0.29) is 11.1 Å². The normalized spacial score (nSPS) is 24.1. The maximum atomic E-state index is 10.5. The van der Waals surface area contributed by atoms with Crippen molar-refractivity contribution in [1.82, 2.24) is 4.90 Å². The lowest BCUT2D eigenvalue weighted by Crippen LogP contribution is -2.58. The van der Waals surface area contributed by atoms with E-state index in [4.69, 9.17) is 10.2 Å². The Kier molecular flexibility index (Phi) is 6.62. The van der Waals surface area contributed by atoms with Crippen molar-refractivity contribution in [2.45, 2.75) is 84.2 Å². The lowest BCUT2D eigenvalue weighted by atomic mass is 9.75. The first-order chi connectivity index (χ1) is 10.9. The SMILES string of the molecule is CC1CC(C)(C)N(C)C(C)(C)C1.O=C(O)C1=C(C(=O)O)CCCC1. The van der Waals surface area contributed by atoms with Gasteiger partial charge < -0.3 is 10.2 Å². The lowest BCUT2D eigenvalue weighted by molar-refractivity contribution is -0.136. The van der Waals surface area contributed by atoms with Crippen LogP contribution < -0.4 is 0 Å². The van der Waals surface area contributed by atoms with Crippen LogP contribution in [0.3, 0.4) is 0 Å². The summed E-state index contributed by atoms with van der Waals surface area (Å²) >= 11 is 0. The molecule has 2 N–H and O–H groups in total. The van der Waals surface area contributed by atoms with Crippen LogP contribution >= 0.6 is 0 Å². The largest absolute Gasteiger partial charge is 0.478 e. The maximum absolute atomic E-state index is 10.5. The molecule has 0 atom stereocenters. The molecule has 0 unspecified atom stereocenters. The number of carboxylic acids is 2. The summed E-state index contributed by atoms with van der Waals surface area (Å²) in [5, 5.41) is 17.3. The van der Waals surface area contributed by atoms with Crippen LogP contribution in [0.4, 0.5) is 0 Å². The molecule has 0 amide bonds. The van der Waals surface area contributed by atoms with Crippen molar-refractivity contribution in [1.29, 1.82) is 0 Å². The predicted octanol–water partition coefficient (Wildman–Crippen LogP) is 3.93. The Morgan fingerprint density at radius 2 is 1.25 bits per heavy atom. The third kappa shape index (κ3) is 5.07. The van der Waals surface area contributed by atoms with Crippen LogP contribution in [-0.2, 0) is 9.59 Å². The standard InChI is InChI=1S/C11H23N.C8H10O4/c1-9-7-10(2,3)12(6)11(4,5)8-9;9-7(10)5-3-1-2-4-6(5)8(11)12/h9H,7-8H2,1-6H3;1-4H2,(H,9,10)(H,11,12). The molecule has 138 valence electrons. The molecule has 24 heavy (non-hydrogen) atoms. The Balaban J connectivity index is 0.000000240. The molecule has 1 aliphatic carbocycles. The summed E-state index contributed by atoms with van der Waals surface area (Å²) in [4.78, 5) is 23.6. The maximum Gasteiger partial charge on any atom is 0.332 e. The summed E-state index contributed by atoms with van der Waals surface area (Å²) in [7, 11) is 2.26. The van der Waals surface area contributed by atoms with Crippen LogP contribution in [0, 0.1) is 5.92 Å². The second kappa shape index (κ2) is 7.68. The predicted molar refractivity (Wildman–Crippen MR) is 95.1 cm³/mol. The number of carboxylic acid groups (broad SMARTS) is 2. The molecule has 5 heteroatoms. The Labute approximate surface area is 145 Å². The molecular formula is C19H33NO4. The Morgan fingerprint density at radius 1 is 0.917 bits per heavy atom. The second-order valence-electron chi connectivity index (χ2n) is 8.47. The first-order valence-corrected chi connectivity index (χ1v) is 8.81. The highest BCUT2D eigenvalue weighted by Crippen LogP contribution is 2.39. The molecule has 0 aromatic heterocycles. The van der Waals surface area contributed by atoms with Gasteiger partial charge in [-0.15, -0.1) is 0 Å². The average molecular weight is 339 g/mol. The van der Waals surface area contributed by atoms with E-state index in [1.54, 1.807) is 0 Å². The molecular weight excluding hydrogens is 306 g/mol. The van der Waals surface area contributed by atoms with E-state index in [0.29, 0.717) is 23.9 Å². The van der Waals surface area contributed by atoms with Gasteiger partial charge in [-0.1, -0.05) is 6.92 Å². The molecule has 5 nitrogen and oxygen atoms in total. The Bertz CT molecular complexity index is 475. The van der Waals surface area contributed by atoms with Crippen molar-refractivity contribution in [3.8, 4) is 0 Å². The van der Waals surface area contributed by atoms with Crippen molar-refractivity contribution in [2.24, 2.45) is 5.92 Å². The van der Waals surface area contributed by atoms with Gasteiger partial charge in [-0.25, -0.2) is 9.59 Å². The molecule has 1 heterocycles. The third-order valence-electron chi connectivity index (χ3n) is 5.50. The highest BCUT2D eigenvalue weighted by atomic mass is 16.4. The van der Waals surface area contributed by atoms with E-state index in [0.717, 1.165) is 18.8 Å². The Hall–Kier alpha value is -1.36. The monoisotopic (exact) mass is 339 g/mol. The van der Waals surface area contributed by atoms with Gasteiger partial charge in [-0.2, -0.15) is 0 Å². The van der Waals surface area contributed by atoms with Crippen molar-refractivity contribution in [3.63, 3.8) is 0 Å². The quantitative estimate of drug-likeness (QED) is 0.797. The molecule has 0 spiro atoms. The molecule has 0 aromatic carbocycles. The third-order valence-corrected chi connectivity index (χ3v) is 5.50. The molecule has 0 bridgehead atoms. The zero-order valence-corrected chi connectivity index (χ0v) is 16.0. The minimum atomic E-state index is -1.09. The number of hydrogen-bond acceptors (Lipinski definition) is 3. The number of likely N-dealkylation sites (tertiary alicyclic amines) is 1. The molecule has 1 aliphatic heterocycles. The number of aliphatic carboxylic acids is 2. The molecule has 2 aliphatic rings. The van der Waals surface area contributed by atoms with E-state index in [2.05, 4.69) is 46.6 Å². The smallest absolute Gasteiger partial charge is 0.332 e. The number of carbonyl (C=O) groups is 2. The van der Waals surface area contributed by atoms with Crippen LogP contribution in [0.1, 0.15) is 73.1 Å². The van der Waals surface area contributed by atoms with Gasteiger partial charge in [-0.05, 0) is 79.2 Å². The van der Waals surface area contributed by atoms with Crippen LogP contribution in [0.2, 0.25) is 0 Å². The number of nitrogens with zero attached hydrogens (tertiary/aromatic N) is 1. The summed E-state index contributed by atoms with van der Waals surface area (Å²) in [5.74, 6) is -1.31. The van der Waals surface area contributed by atoms with E-state index >= 15 is 0 Å². The second-order valence-corrected chi connectivity index (χ2v) is 8.47. The highest BCUT2D eigenvalue weighted by Gasteiger charge is 2.41. The van der Waals surface area contributed by atoms with Crippen LogP contribution in [0.25, 0.3) is 0 Å². The minimum absolute atomic E-state index is 0.0775. The molecule has 0 radical (unpaired) electrons. The van der Waals surface area contributed by atoms with Crippen LogP contribution in [0.15, 0.2) is 11.1 Å². The molecule has 0 aromatic rings. The van der Waals surface area contributed by atoms with Gasteiger partial charge in [0.15, 0.2) is 0 Å². The van der Waals surface area contributed by atoms with Gasteiger partial charge in [0, 0.05) is 22.2 Å². The fraction of sp³-hybridized carbons (Fsp3) is 0.789. The van der Waals surface area contributed by atoms with Crippen molar-refractivity contribution in [3.05, 3.63) is 11.1 Å². The Morgan fingerprint density at radius 3 is 1.54 bits per heavy atom. The van der Waals surface area contributed by atoms with E-state index < -0.39 is 11.9 Å². The van der Waals surface area contributed by atoms with Crippen molar-refractivity contribution in [2.75, 3.05) is 7.05 Å². The van der Waals surface area contributed by atoms with Gasteiger partial charge in [-0.3, -0.25) is 4.90 Å². The van der Waals surface area contributed by atoms with Gasteiger partial charge in [0.1, 0.15) is 0 Å². The first-order valence-electron chi connectivity index (χ1n) is 8.81. The summed E-state index contributed by atoms with van der Waals surface area (Å²) in [6.45, 7) is 11.8. The minimum Gasteiger partial charge on any atom is -0.478 e. The van der Waals surface area contributed by atoms with Crippen LogP contribution in [-0.4, -0.2) is 45.2 Å².